The first-order valence-electron chi connectivity index (χ1n) is 10.3. The van der Waals surface area contributed by atoms with E-state index < -0.39 is 5.66 Å². The van der Waals surface area contributed by atoms with Crippen LogP contribution in [0.25, 0.3) is 0 Å². The number of amides is 1. The van der Waals surface area contributed by atoms with Gasteiger partial charge in [-0.3, -0.25) is 9.79 Å². The van der Waals surface area contributed by atoms with Crippen molar-refractivity contribution in [1.82, 2.24) is 0 Å². The maximum atomic E-state index is 12.5. The first kappa shape index (κ1) is 22.1. The van der Waals surface area contributed by atoms with Gasteiger partial charge < -0.3 is 10.1 Å². The minimum Gasteiger partial charge on any atom is -0.494 e. The first-order valence-corrected chi connectivity index (χ1v) is 11.3. The highest BCUT2D eigenvalue weighted by Crippen LogP contribution is 2.27. The van der Waals surface area contributed by atoms with Gasteiger partial charge in [0, 0.05) is 11.3 Å². The Morgan fingerprint density at radius 2 is 1.83 bits per heavy atom. The van der Waals surface area contributed by atoms with Crippen LogP contribution in [0.3, 0.4) is 0 Å². The number of anilines is 1. The van der Waals surface area contributed by atoms with Crippen LogP contribution in [-0.2, 0) is 4.79 Å². The number of nitrogens with zero attached hydrogens (tertiary/aromatic N) is 2. The second kappa shape index (κ2) is 9.94. The summed E-state index contributed by atoms with van der Waals surface area (Å²) in [5.74, 6) is 1.08. The normalized spacial score (nSPS) is 14.8. The fraction of sp³-hybridized carbons (Fsp3) is 0.375. The highest BCUT2D eigenvalue weighted by atomic mass is 32.2. The van der Waals surface area contributed by atoms with E-state index in [-0.39, 0.29) is 11.7 Å². The van der Waals surface area contributed by atoms with Gasteiger partial charge in [0.15, 0.2) is 0 Å². The van der Waals surface area contributed by atoms with E-state index in [0.29, 0.717) is 0 Å². The van der Waals surface area contributed by atoms with E-state index in [1.165, 1.54) is 11.8 Å². The van der Waals surface area contributed by atoms with Crippen molar-refractivity contribution < 1.29 is 9.53 Å². The number of benzene rings is 2. The molecule has 0 radical (unpaired) electrons. The minimum atomic E-state index is -0.527. The summed E-state index contributed by atoms with van der Waals surface area (Å²) in [6.07, 6.45) is 2.15. The maximum Gasteiger partial charge on any atom is 0.234 e. The third-order valence-corrected chi connectivity index (χ3v) is 5.58. The predicted molar refractivity (Wildman–Crippen MR) is 127 cm³/mol. The van der Waals surface area contributed by atoms with Crippen LogP contribution in [0.5, 0.6) is 5.75 Å². The molecule has 158 valence electrons. The number of para-hydroxylation sites is 1. The van der Waals surface area contributed by atoms with Gasteiger partial charge in [-0.15, -0.1) is 0 Å². The Morgan fingerprint density at radius 1 is 1.10 bits per heavy atom. The number of aryl methyl sites for hydroxylation is 1. The number of hydrogen-bond donors (Lipinski definition) is 1. The lowest BCUT2D eigenvalue weighted by Gasteiger charge is -2.09. The third-order valence-electron chi connectivity index (χ3n) is 4.62. The molecule has 0 unspecified atom stereocenters. The molecule has 1 heterocycles. The van der Waals surface area contributed by atoms with Crippen LogP contribution in [0.4, 0.5) is 5.69 Å². The van der Waals surface area contributed by atoms with Crippen LogP contribution in [0.1, 0.15) is 44.7 Å². The molecule has 0 spiro atoms. The van der Waals surface area contributed by atoms with Gasteiger partial charge in [0.2, 0.25) is 5.91 Å². The number of thioether (sulfide) groups is 1. The maximum absolute atomic E-state index is 12.5. The average Bonchev–Trinajstić information content (AvgIpc) is 3.03. The molecule has 3 rings (SSSR count). The number of ether oxygens (including phenoxy) is 1. The largest absolute Gasteiger partial charge is 0.494 e. The highest BCUT2D eigenvalue weighted by molar-refractivity contribution is 8.16. The SMILES string of the molecule is CCCCOc1ccc(C2=NC(C)(C)N=C2SCC(=O)Nc2ccccc2C)cc1. The summed E-state index contributed by atoms with van der Waals surface area (Å²) in [7, 11) is 0. The lowest BCUT2D eigenvalue weighted by molar-refractivity contribution is -0.113. The van der Waals surface area contributed by atoms with Crippen molar-refractivity contribution in [2.45, 2.75) is 46.2 Å². The summed E-state index contributed by atoms with van der Waals surface area (Å²) in [5.41, 5.74) is 3.16. The van der Waals surface area contributed by atoms with Crippen LogP contribution in [-0.4, -0.2) is 34.7 Å². The Bertz CT molecular complexity index is 949. The second-order valence-electron chi connectivity index (χ2n) is 7.75. The van der Waals surface area contributed by atoms with Crippen molar-refractivity contribution in [3.63, 3.8) is 0 Å². The molecule has 1 amide bonds. The molecule has 1 aliphatic heterocycles. The molecule has 2 aromatic rings. The zero-order valence-corrected chi connectivity index (χ0v) is 18.9. The van der Waals surface area contributed by atoms with E-state index in [0.717, 1.165) is 52.8 Å². The zero-order chi connectivity index (χ0) is 21.6. The number of aliphatic imine (C=N–C) groups is 2. The number of carbonyl (C=O) groups excluding carboxylic acids is 1. The zero-order valence-electron chi connectivity index (χ0n) is 18.1. The molecule has 0 fully saturated rings. The van der Waals surface area contributed by atoms with Crippen molar-refractivity contribution >= 4 is 34.1 Å². The van der Waals surface area contributed by atoms with Crippen LogP contribution >= 0.6 is 11.8 Å². The minimum absolute atomic E-state index is 0.0549. The number of carbonyl (C=O) groups is 1. The first-order chi connectivity index (χ1) is 14.4. The second-order valence-corrected chi connectivity index (χ2v) is 8.71. The number of rotatable bonds is 8. The molecule has 0 saturated heterocycles. The Kier molecular flexibility index (Phi) is 7.32. The van der Waals surface area contributed by atoms with Crippen molar-refractivity contribution in [3.05, 3.63) is 59.7 Å². The lowest BCUT2D eigenvalue weighted by Crippen LogP contribution is -2.18. The van der Waals surface area contributed by atoms with E-state index in [9.17, 15) is 4.79 Å². The lowest BCUT2D eigenvalue weighted by atomic mass is 10.1. The number of unbranched alkanes of at least 4 members (excludes halogenated alkanes) is 1. The molecule has 30 heavy (non-hydrogen) atoms. The number of hydrogen-bond acceptors (Lipinski definition) is 5. The van der Waals surface area contributed by atoms with Gasteiger partial charge in [-0.05, 0) is 63.1 Å². The molecule has 6 heteroatoms. The van der Waals surface area contributed by atoms with Gasteiger partial charge in [-0.25, -0.2) is 4.99 Å². The summed E-state index contributed by atoms with van der Waals surface area (Å²) < 4.78 is 5.75. The molecule has 0 saturated carbocycles. The van der Waals surface area contributed by atoms with E-state index in [1.54, 1.807) is 0 Å². The standard InChI is InChI=1S/C24H29N3O2S/c1-5-6-15-29-19-13-11-18(12-14-19)22-23(27-24(3,4)26-22)30-16-21(28)25-20-10-8-7-9-17(20)2/h7-14H,5-6,15-16H2,1-4H3,(H,25,28). The molecule has 0 bridgehead atoms. The molecule has 0 aromatic heterocycles. The molecular weight excluding hydrogens is 394 g/mol. The Balaban J connectivity index is 1.65. The van der Waals surface area contributed by atoms with Gasteiger partial charge in [-0.1, -0.05) is 43.3 Å². The van der Waals surface area contributed by atoms with Gasteiger partial charge >= 0.3 is 0 Å². The van der Waals surface area contributed by atoms with E-state index in [4.69, 9.17) is 14.7 Å². The van der Waals surface area contributed by atoms with Gasteiger partial charge in [0.05, 0.1) is 18.1 Å². The fourth-order valence-electron chi connectivity index (χ4n) is 3.01. The third kappa shape index (κ3) is 5.95. The molecule has 1 aliphatic rings. The Morgan fingerprint density at radius 3 is 2.53 bits per heavy atom. The topological polar surface area (TPSA) is 63.1 Å². The van der Waals surface area contributed by atoms with Crippen molar-refractivity contribution in [3.8, 4) is 5.75 Å². The summed E-state index contributed by atoms with van der Waals surface area (Å²) in [4.78, 5) is 21.9. The molecule has 1 N–H and O–H groups in total. The van der Waals surface area contributed by atoms with Gasteiger partial charge in [-0.2, -0.15) is 0 Å². The van der Waals surface area contributed by atoms with Crippen LogP contribution < -0.4 is 10.1 Å². The Hall–Kier alpha value is -2.60. The molecular formula is C24H29N3O2S. The smallest absolute Gasteiger partial charge is 0.234 e. The summed E-state index contributed by atoms with van der Waals surface area (Å²) in [6.45, 7) is 8.79. The van der Waals surface area contributed by atoms with Crippen LogP contribution in [0.15, 0.2) is 58.5 Å². The van der Waals surface area contributed by atoms with E-state index in [2.05, 4.69) is 12.2 Å². The van der Waals surface area contributed by atoms with Crippen molar-refractivity contribution in [1.29, 1.82) is 0 Å². The van der Waals surface area contributed by atoms with E-state index in [1.807, 2.05) is 69.3 Å². The number of nitrogens with one attached hydrogen (secondary N) is 1. The molecule has 2 aromatic carbocycles. The van der Waals surface area contributed by atoms with Crippen molar-refractivity contribution in [2.24, 2.45) is 9.98 Å². The predicted octanol–water partition coefficient (Wildman–Crippen LogP) is 5.48. The summed E-state index contributed by atoms with van der Waals surface area (Å²) in [6, 6.07) is 15.7. The quantitative estimate of drug-likeness (QED) is 0.572. The summed E-state index contributed by atoms with van der Waals surface area (Å²) >= 11 is 1.42. The Labute approximate surface area is 183 Å². The monoisotopic (exact) mass is 423 g/mol. The van der Waals surface area contributed by atoms with E-state index >= 15 is 0 Å². The average molecular weight is 424 g/mol. The fourth-order valence-corrected chi connectivity index (χ4v) is 3.94. The van der Waals surface area contributed by atoms with Gasteiger partial charge in [0.25, 0.3) is 0 Å². The van der Waals surface area contributed by atoms with Crippen LogP contribution in [0.2, 0.25) is 0 Å². The van der Waals surface area contributed by atoms with Crippen LogP contribution in [0, 0.1) is 6.92 Å². The molecule has 0 atom stereocenters. The molecule has 0 aliphatic carbocycles. The van der Waals surface area contributed by atoms with Gasteiger partial charge in [0.1, 0.15) is 16.5 Å². The summed E-state index contributed by atoms with van der Waals surface area (Å²) in [5, 5.41) is 3.76. The molecule has 5 nitrogen and oxygen atoms in total. The van der Waals surface area contributed by atoms with Crippen molar-refractivity contribution in [2.75, 3.05) is 17.7 Å². The highest BCUT2D eigenvalue weighted by Gasteiger charge is 2.28.